The van der Waals surface area contributed by atoms with Gasteiger partial charge in [0.05, 0.1) is 17.2 Å². The van der Waals surface area contributed by atoms with Crippen LogP contribution in [0.5, 0.6) is 0 Å². The highest BCUT2D eigenvalue weighted by Gasteiger charge is 2.46. The summed E-state index contributed by atoms with van der Waals surface area (Å²) in [7, 11) is 0. The van der Waals surface area contributed by atoms with Crippen LogP contribution in [0.1, 0.15) is 47.0 Å². The summed E-state index contributed by atoms with van der Waals surface area (Å²) in [6, 6.07) is -0.0304. The summed E-state index contributed by atoms with van der Waals surface area (Å²) in [5, 5.41) is 6.41. The van der Waals surface area contributed by atoms with E-state index in [9.17, 15) is 9.59 Å². The Labute approximate surface area is 136 Å². The van der Waals surface area contributed by atoms with Gasteiger partial charge in [-0.2, -0.15) is 0 Å². The monoisotopic (exact) mass is 327 g/mol. The number of amides is 2. The van der Waals surface area contributed by atoms with Crippen molar-refractivity contribution in [1.29, 1.82) is 0 Å². The first-order valence-electron chi connectivity index (χ1n) is 7.68. The smallest absolute Gasteiger partial charge is 0.230 e. The SMILES string of the molecule is CC1(C)CC(NC(=O)CCN2C(=O)CCNC2=S)C(C)(C)O1. The summed E-state index contributed by atoms with van der Waals surface area (Å²) in [4.78, 5) is 25.5. The van der Waals surface area contributed by atoms with E-state index < -0.39 is 5.60 Å². The Morgan fingerprint density at radius 1 is 1.45 bits per heavy atom. The van der Waals surface area contributed by atoms with Crippen molar-refractivity contribution in [2.24, 2.45) is 0 Å². The molecule has 2 aliphatic heterocycles. The van der Waals surface area contributed by atoms with Gasteiger partial charge in [-0.3, -0.25) is 14.5 Å². The molecule has 7 heteroatoms. The molecular formula is C15H25N3O3S. The second-order valence-corrected chi connectivity index (χ2v) is 7.45. The highest BCUT2D eigenvalue weighted by molar-refractivity contribution is 7.80. The van der Waals surface area contributed by atoms with Crippen molar-refractivity contribution in [3.05, 3.63) is 0 Å². The van der Waals surface area contributed by atoms with E-state index in [4.69, 9.17) is 17.0 Å². The van der Waals surface area contributed by atoms with Gasteiger partial charge in [0.25, 0.3) is 0 Å². The highest BCUT2D eigenvalue weighted by atomic mass is 32.1. The molecule has 2 aliphatic rings. The zero-order valence-corrected chi connectivity index (χ0v) is 14.5. The first kappa shape index (κ1) is 17.1. The summed E-state index contributed by atoms with van der Waals surface area (Å²) < 4.78 is 5.97. The first-order chi connectivity index (χ1) is 10.1. The molecule has 2 saturated heterocycles. The number of rotatable bonds is 4. The molecule has 0 radical (unpaired) electrons. The van der Waals surface area contributed by atoms with Crippen LogP contribution < -0.4 is 10.6 Å². The number of carbonyl (C=O) groups excluding carboxylic acids is 2. The molecule has 0 aromatic carbocycles. The number of nitrogens with one attached hydrogen (secondary N) is 2. The fourth-order valence-electron chi connectivity index (χ4n) is 3.11. The van der Waals surface area contributed by atoms with Gasteiger partial charge in [-0.15, -0.1) is 0 Å². The van der Waals surface area contributed by atoms with Crippen molar-refractivity contribution in [1.82, 2.24) is 15.5 Å². The molecule has 0 aromatic rings. The predicted molar refractivity (Wildman–Crippen MR) is 87.3 cm³/mol. The van der Waals surface area contributed by atoms with Crippen LogP contribution in [-0.2, 0) is 14.3 Å². The standard InChI is InChI=1S/C15H25N3O3S/c1-14(2)9-10(15(3,4)21-14)17-11(19)6-8-18-12(20)5-7-16-13(18)22/h10H,5-9H2,1-4H3,(H,16,22)(H,17,19). The second kappa shape index (κ2) is 6.12. The van der Waals surface area contributed by atoms with E-state index in [0.717, 1.165) is 6.42 Å². The Balaban J connectivity index is 1.86. The minimum atomic E-state index is -0.392. The molecular weight excluding hydrogens is 302 g/mol. The van der Waals surface area contributed by atoms with Gasteiger partial charge in [0, 0.05) is 25.9 Å². The van der Waals surface area contributed by atoms with Crippen LogP contribution in [0.2, 0.25) is 0 Å². The molecule has 0 spiro atoms. The maximum absolute atomic E-state index is 12.2. The molecule has 0 saturated carbocycles. The van der Waals surface area contributed by atoms with Crippen LogP contribution in [0.4, 0.5) is 0 Å². The maximum Gasteiger partial charge on any atom is 0.230 e. The number of thiocarbonyl (C=S) groups is 1. The molecule has 6 nitrogen and oxygen atoms in total. The lowest BCUT2D eigenvalue weighted by Crippen LogP contribution is -2.51. The lowest BCUT2D eigenvalue weighted by molar-refractivity contribution is -0.129. The van der Waals surface area contributed by atoms with E-state index >= 15 is 0 Å². The molecule has 124 valence electrons. The molecule has 2 amide bonds. The molecule has 0 aromatic heterocycles. The van der Waals surface area contributed by atoms with Crippen LogP contribution >= 0.6 is 12.2 Å². The normalized spacial score (nSPS) is 26.7. The van der Waals surface area contributed by atoms with Crippen LogP contribution in [0.15, 0.2) is 0 Å². The zero-order chi connectivity index (χ0) is 16.5. The average molecular weight is 327 g/mol. The summed E-state index contributed by atoms with van der Waals surface area (Å²) in [5.74, 6) is -0.109. The number of hydrogen-bond donors (Lipinski definition) is 2. The minimum absolute atomic E-state index is 0.0257. The van der Waals surface area contributed by atoms with Gasteiger partial charge in [0.1, 0.15) is 0 Å². The van der Waals surface area contributed by atoms with Crippen molar-refractivity contribution in [2.75, 3.05) is 13.1 Å². The van der Waals surface area contributed by atoms with E-state index in [2.05, 4.69) is 10.6 Å². The third-order valence-corrected chi connectivity index (χ3v) is 4.50. The van der Waals surface area contributed by atoms with Gasteiger partial charge >= 0.3 is 0 Å². The summed E-state index contributed by atoms with van der Waals surface area (Å²) >= 11 is 5.11. The van der Waals surface area contributed by atoms with Crippen LogP contribution in [0.3, 0.4) is 0 Å². The van der Waals surface area contributed by atoms with Crippen LogP contribution in [-0.4, -0.2) is 52.2 Å². The Bertz CT molecular complexity index is 474. The lowest BCUT2D eigenvalue weighted by Gasteiger charge is -2.29. The molecule has 2 rings (SSSR count). The van der Waals surface area contributed by atoms with Crippen molar-refractivity contribution >= 4 is 29.1 Å². The number of hydrogen-bond acceptors (Lipinski definition) is 4. The largest absolute Gasteiger partial charge is 0.367 e. The van der Waals surface area contributed by atoms with Crippen LogP contribution in [0, 0.1) is 0 Å². The van der Waals surface area contributed by atoms with Crippen molar-refractivity contribution in [3.63, 3.8) is 0 Å². The fourth-order valence-corrected chi connectivity index (χ4v) is 3.41. The van der Waals surface area contributed by atoms with Gasteiger partial charge in [-0.25, -0.2) is 0 Å². The molecule has 2 heterocycles. The maximum atomic E-state index is 12.2. The summed E-state index contributed by atoms with van der Waals surface area (Å²) in [5.41, 5.74) is -0.632. The average Bonchev–Trinajstić information content (AvgIpc) is 2.56. The minimum Gasteiger partial charge on any atom is -0.367 e. The lowest BCUT2D eigenvalue weighted by atomic mass is 9.94. The topological polar surface area (TPSA) is 70.7 Å². The third kappa shape index (κ3) is 3.95. The number of carbonyl (C=O) groups is 2. The summed E-state index contributed by atoms with van der Waals surface area (Å²) in [6.45, 7) is 8.91. The predicted octanol–water partition coefficient (Wildman–Crippen LogP) is 0.946. The Morgan fingerprint density at radius 3 is 2.68 bits per heavy atom. The van der Waals surface area contributed by atoms with Gasteiger partial charge in [-0.05, 0) is 46.3 Å². The van der Waals surface area contributed by atoms with Gasteiger partial charge < -0.3 is 15.4 Å². The second-order valence-electron chi connectivity index (χ2n) is 7.07. The Kier molecular flexibility index (Phi) is 4.77. The molecule has 22 heavy (non-hydrogen) atoms. The Hall–Kier alpha value is -1.21. The molecule has 2 fully saturated rings. The van der Waals surface area contributed by atoms with Crippen molar-refractivity contribution in [3.8, 4) is 0 Å². The number of ether oxygens (including phenoxy) is 1. The number of nitrogens with zero attached hydrogens (tertiary/aromatic N) is 1. The van der Waals surface area contributed by atoms with Gasteiger partial charge in [-0.1, -0.05) is 0 Å². The quantitative estimate of drug-likeness (QED) is 0.752. The molecule has 1 atom stereocenters. The summed E-state index contributed by atoms with van der Waals surface area (Å²) in [6.07, 6.45) is 1.42. The fraction of sp³-hybridized carbons (Fsp3) is 0.800. The van der Waals surface area contributed by atoms with Crippen LogP contribution in [0.25, 0.3) is 0 Å². The van der Waals surface area contributed by atoms with E-state index in [-0.39, 0.29) is 29.9 Å². The van der Waals surface area contributed by atoms with Gasteiger partial charge in [0.2, 0.25) is 11.8 Å². The molecule has 0 aliphatic carbocycles. The molecule has 0 bridgehead atoms. The highest BCUT2D eigenvalue weighted by Crippen LogP contribution is 2.37. The molecule has 2 N–H and O–H groups in total. The van der Waals surface area contributed by atoms with E-state index in [0.29, 0.717) is 24.6 Å². The Morgan fingerprint density at radius 2 is 2.14 bits per heavy atom. The van der Waals surface area contributed by atoms with Gasteiger partial charge in [0.15, 0.2) is 5.11 Å². The van der Waals surface area contributed by atoms with E-state index in [1.165, 1.54) is 4.90 Å². The van der Waals surface area contributed by atoms with Crippen molar-refractivity contribution in [2.45, 2.75) is 64.2 Å². The zero-order valence-electron chi connectivity index (χ0n) is 13.7. The first-order valence-corrected chi connectivity index (χ1v) is 8.09. The third-order valence-electron chi connectivity index (χ3n) is 4.13. The van der Waals surface area contributed by atoms with E-state index in [1.54, 1.807) is 0 Å². The molecule has 1 unspecified atom stereocenters. The van der Waals surface area contributed by atoms with E-state index in [1.807, 2.05) is 27.7 Å². The van der Waals surface area contributed by atoms with Crippen molar-refractivity contribution < 1.29 is 14.3 Å².